The first kappa shape index (κ1) is 11.6. The number of thioether (sulfide) groups is 1. The number of benzene rings is 1. The predicted molar refractivity (Wildman–Crippen MR) is 71.6 cm³/mol. The van der Waals surface area contributed by atoms with E-state index in [-0.39, 0.29) is 0 Å². The first-order valence-electron chi connectivity index (χ1n) is 5.82. The van der Waals surface area contributed by atoms with Gasteiger partial charge in [0.1, 0.15) is 5.75 Å². The average molecular weight is 237 g/mol. The van der Waals surface area contributed by atoms with Crippen molar-refractivity contribution in [1.29, 1.82) is 0 Å². The summed E-state index contributed by atoms with van der Waals surface area (Å²) in [6, 6.07) is 8.71. The Morgan fingerprint density at radius 2 is 2.19 bits per heavy atom. The van der Waals surface area contributed by atoms with Gasteiger partial charge >= 0.3 is 0 Å². The second kappa shape index (κ2) is 5.48. The molecule has 0 saturated carbocycles. The van der Waals surface area contributed by atoms with E-state index in [2.05, 4.69) is 30.1 Å². The predicted octanol–water partition coefficient (Wildman–Crippen LogP) is 3.39. The highest BCUT2D eigenvalue weighted by molar-refractivity contribution is 8.00. The number of methoxy groups -OCH3 is 1. The van der Waals surface area contributed by atoms with Crippen LogP contribution in [-0.2, 0) is 0 Å². The molecule has 1 aliphatic rings. The van der Waals surface area contributed by atoms with Crippen LogP contribution in [0.1, 0.15) is 19.8 Å². The van der Waals surface area contributed by atoms with Crippen molar-refractivity contribution >= 4 is 17.4 Å². The quantitative estimate of drug-likeness (QED) is 0.870. The van der Waals surface area contributed by atoms with E-state index in [0.29, 0.717) is 11.3 Å². The molecule has 1 N–H and O–H groups in total. The molecule has 2 unspecified atom stereocenters. The molecule has 0 radical (unpaired) electrons. The normalized spacial score (nSPS) is 25.1. The Kier molecular flexibility index (Phi) is 3.99. The Morgan fingerprint density at radius 3 is 2.94 bits per heavy atom. The zero-order valence-corrected chi connectivity index (χ0v) is 10.7. The number of anilines is 1. The van der Waals surface area contributed by atoms with Crippen LogP contribution in [0.3, 0.4) is 0 Å². The van der Waals surface area contributed by atoms with Gasteiger partial charge in [0.25, 0.3) is 0 Å². The Bertz CT molecular complexity index is 342. The standard InChI is InChI=1S/C13H19NOS/c1-10-11(7-5-9-16-10)14-12-6-3-4-8-13(12)15-2/h3-4,6,8,10-11,14H,5,7,9H2,1-2H3. The first-order valence-corrected chi connectivity index (χ1v) is 6.87. The third-order valence-corrected chi connectivity index (χ3v) is 4.43. The third kappa shape index (κ3) is 2.64. The zero-order chi connectivity index (χ0) is 11.4. The topological polar surface area (TPSA) is 21.3 Å². The summed E-state index contributed by atoms with van der Waals surface area (Å²) in [5.41, 5.74) is 1.12. The highest BCUT2D eigenvalue weighted by Gasteiger charge is 2.22. The molecule has 16 heavy (non-hydrogen) atoms. The molecule has 0 aromatic heterocycles. The molecule has 0 amide bonds. The fourth-order valence-corrected chi connectivity index (χ4v) is 3.22. The summed E-state index contributed by atoms with van der Waals surface area (Å²) in [6.45, 7) is 2.30. The van der Waals surface area contributed by atoms with E-state index < -0.39 is 0 Å². The Balaban J connectivity index is 2.07. The SMILES string of the molecule is COc1ccccc1NC1CCCSC1C. The van der Waals surface area contributed by atoms with Gasteiger partial charge in [0, 0.05) is 11.3 Å². The number of nitrogens with one attached hydrogen (secondary N) is 1. The summed E-state index contributed by atoms with van der Waals surface area (Å²) in [5, 5.41) is 4.28. The van der Waals surface area contributed by atoms with Crippen LogP contribution in [-0.4, -0.2) is 24.2 Å². The second-order valence-electron chi connectivity index (χ2n) is 4.17. The van der Waals surface area contributed by atoms with Gasteiger partial charge in [-0.25, -0.2) is 0 Å². The number of hydrogen-bond donors (Lipinski definition) is 1. The van der Waals surface area contributed by atoms with Crippen LogP contribution in [0, 0.1) is 0 Å². The van der Waals surface area contributed by atoms with E-state index in [1.165, 1.54) is 18.6 Å². The van der Waals surface area contributed by atoms with Crippen molar-refractivity contribution in [2.45, 2.75) is 31.1 Å². The van der Waals surface area contributed by atoms with Crippen LogP contribution < -0.4 is 10.1 Å². The van der Waals surface area contributed by atoms with E-state index in [4.69, 9.17) is 4.74 Å². The van der Waals surface area contributed by atoms with Gasteiger partial charge in [-0.05, 0) is 30.7 Å². The molecular formula is C13H19NOS. The summed E-state index contributed by atoms with van der Waals surface area (Å²) in [6.07, 6.45) is 2.56. The smallest absolute Gasteiger partial charge is 0.141 e. The monoisotopic (exact) mass is 237 g/mol. The lowest BCUT2D eigenvalue weighted by molar-refractivity contribution is 0.415. The molecule has 1 fully saturated rings. The van der Waals surface area contributed by atoms with E-state index in [1.807, 2.05) is 18.2 Å². The maximum absolute atomic E-state index is 5.35. The molecule has 2 atom stereocenters. The lowest BCUT2D eigenvalue weighted by Crippen LogP contribution is -2.32. The van der Waals surface area contributed by atoms with Gasteiger partial charge in [-0.1, -0.05) is 19.1 Å². The molecule has 2 nitrogen and oxygen atoms in total. The molecule has 0 aliphatic carbocycles. The first-order chi connectivity index (χ1) is 7.81. The van der Waals surface area contributed by atoms with Crippen LogP contribution in [0.2, 0.25) is 0 Å². The minimum Gasteiger partial charge on any atom is -0.495 e. The molecule has 1 saturated heterocycles. The zero-order valence-electron chi connectivity index (χ0n) is 9.90. The molecule has 0 bridgehead atoms. The van der Waals surface area contributed by atoms with Crippen LogP contribution in [0.15, 0.2) is 24.3 Å². The molecule has 1 heterocycles. The number of ether oxygens (including phenoxy) is 1. The van der Waals surface area contributed by atoms with Crippen molar-refractivity contribution in [3.05, 3.63) is 24.3 Å². The van der Waals surface area contributed by atoms with Crippen molar-refractivity contribution in [2.75, 3.05) is 18.2 Å². The number of para-hydroxylation sites is 2. The fourth-order valence-electron chi connectivity index (χ4n) is 2.08. The summed E-state index contributed by atoms with van der Waals surface area (Å²) >= 11 is 2.06. The largest absolute Gasteiger partial charge is 0.495 e. The Hall–Kier alpha value is -0.830. The highest BCUT2D eigenvalue weighted by Crippen LogP contribution is 2.30. The second-order valence-corrected chi connectivity index (χ2v) is 5.65. The fraction of sp³-hybridized carbons (Fsp3) is 0.538. The molecule has 88 valence electrons. The molecular weight excluding hydrogens is 218 g/mol. The van der Waals surface area contributed by atoms with E-state index in [0.717, 1.165) is 11.4 Å². The highest BCUT2D eigenvalue weighted by atomic mass is 32.2. The van der Waals surface area contributed by atoms with Crippen molar-refractivity contribution in [1.82, 2.24) is 0 Å². The van der Waals surface area contributed by atoms with Crippen LogP contribution in [0.25, 0.3) is 0 Å². The summed E-state index contributed by atoms with van der Waals surface area (Å²) in [7, 11) is 1.72. The number of hydrogen-bond acceptors (Lipinski definition) is 3. The van der Waals surface area contributed by atoms with Gasteiger partial charge in [0.05, 0.1) is 12.8 Å². The third-order valence-electron chi connectivity index (χ3n) is 3.05. The maximum Gasteiger partial charge on any atom is 0.141 e. The molecule has 0 spiro atoms. The average Bonchev–Trinajstić information content (AvgIpc) is 2.33. The molecule has 3 heteroatoms. The van der Waals surface area contributed by atoms with E-state index >= 15 is 0 Å². The minimum atomic E-state index is 0.565. The Labute approximate surface area is 102 Å². The lowest BCUT2D eigenvalue weighted by Gasteiger charge is -2.30. The maximum atomic E-state index is 5.35. The van der Waals surface area contributed by atoms with E-state index in [1.54, 1.807) is 7.11 Å². The summed E-state index contributed by atoms with van der Waals surface area (Å²) in [5.74, 6) is 2.23. The van der Waals surface area contributed by atoms with Crippen molar-refractivity contribution in [3.8, 4) is 5.75 Å². The minimum absolute atomic E-state index is 0.565. The van der Waals surface area contributed by atoms with Crippen molar-refractivity contribution in [3.63, 3.8) is 0 Å². The van der Waals surface area contributed by atoms with E-state index in [9.17, 15) is 0 Å². The summed E-state index contributed by atoms with van der Waals surface area (Å²) < 4.78 is 5.35. The van der Waals surface area contributed by atoms with Crippen molar-refractivity contribution in [2.24, 2.45) is 0 Å². The van der Waals surface area contributed by atoms with Gasteiger partial charge in [-0.3, -0.25) is 0 Å². The van der Waals surface area contributed by atoms with Gasteiger partial charge < -0.3 is 10.1 Å². The number of rotatable bonds is 3. The van der Waals surface area contributed by atoms with Crippen LogP contribution >= 0.6 is 11.8 Å². The van der Waals surface area contributed by atoms with Crippen LogP contribution in [0.5, 0.6) is 5.75 Å². The molecule has 2 rings (SSSR count). The van der Waals surface area contributed by atoms with Gasteiger partial charge in [-0.15, -0.1) is 0 Å². The van der Waals surface area contributed by atoms with Gasteiger partial charge in [-0.2, -0.15) is 11.8 Å². The van der Waals surface area contributed by atoms with Crippen LogP contribution in [0.4, 0.5) is 5.69 Å². The molecule has 1 aliphatic heterocycles. The van der Waals surface area contributed by atoms with Gasteiger partial charge in [0.2, 0.25) is 0 Å². The Morgan fingerprint density at radius 1 is 1.38 bits per heavy atom. The summed E-state index contributed by atoms with van der Waals surface area (Å²) in [4.78, 5) is 0. The molecule has 1 aromatic rings. The molecule has 1 aromatic carbocycles. The van der Waals surface area contributed by atoms with Crippen molar-refractivity contribution < 1.29 is 4.74 Å². The lowest BCUT2D eigenvalue weighted by atomic mass is 10.1. The van der Waals surface area contributed by atoms with Gasteiger partial charge in [0.15, 0.2) is 0 Å².